The Labute approximate surface area is 109 Å². The molecule has 1 saturated heterocycles. The van der Waals surface area contributed by atoms with Crippen LogP contribution in [-0.2, 0) is 12.0 Å². The summed E-state index contributed by atoms with van der Waals surface area (Å²) in [6.07, 6.45) is 4.14. The SMILES string of the molecule is Cc1nc(C(C)(C)C)sc1CN1CCCCC1. The summed E-state index contributed by atoms with van der Waals surface area (Å²) >= 11 is 1.91. The highest BCUT2D eigenvalue weighted by molar-refractivity contribution is 7.11. The summed E-state index contributed by atoms with van der Waals surface area (Å²) in [5.41, 5.74) is 1.43. The number of aromatic nitrogens is 1. The maximum absolute atomic E-state index is 4.74. The zero-order chi connectivity index (χ0) is 12.5. The van der Waals surface area contributed by atoms with Gasteiger partial charge in [0.15, 0.2) is 0 Å². The third kappa shape index (κ3) is 3.29. The zero-order valence-electron chi connectivity index (χ0n) is 11.5. The van der Waals surface area contributed by atoms with Gasteiger partial charge in [-0.05, 0) is 32.9 Å². The van der Waals surface area contributed by atoms with E-state index in [2.05, 4.69) is 32.6 Å². The predicted octanol–water partition coefficient (Wildman–Crippen LogP) is 3.73. The summed E-state index contributed by atoms with van der Waals surface area (Å²) in [6, 6.07) is 0. The molecule has 17 heavy (non-hydrogen) atoms. The van der Waals surface area contributed by atoms with Crippen LogP contribution in [-0.4, -0.2) is 23.0 Å². The van der Waals surface area contributed by atoms with Gasteiger partial charge in [0.25, 0.3) is 0 Å². The third-order valence-electron chi connectivity index (χ3n) is 3.35. The molecule has 0 N–H and O–H groups in total. The average molecular weight is 252 g/mol. The van der Waals surface area contributed by atoms with Crippen LogP contribution in [0.3, 0.4) is 0 Å². The summed E-state index contributed by atoms with van der Waals surface area (Å²) in [7, 11) is 0. The quantitative estimate of drug-likeness (QED) is 0.797. The maximum Gasteiger partial charge on any atom is 0.0984 e. The van der Waals surface area contributed by atoms with Crippen molar-refractivity contribution >= 4 is 11.3 Å². The Bertz CT molecular complexity index is 370. The average Bonchev–Trinajstić information content (AvgIpc) is 2.62. The molecule has 96 valence electrons. The highest BCUT2D eigenvalue weighted by Gasteiger charge is 2.21. The molecular formula is C14H24N2S. The summed E-state index contributed by atoms with van der Waals surface area (Å²) < 4.78 is 0. The van der Waals surface area contributed by atoms with Crippen LogP contribution in [0.15, 0.2) is 0 Å². The Morgan fingerprint density at radius 3 is 2.35 bits per heavy atom. The van der Waals surface area contributed by atoms with Gasteiger partial charge in [-0.3, -0.25) is 4.90 Å². The van der Waals surface area contributed by atoms with Gasteiger partial charge in [-0.2, -0.15) is 0 Å². The van der Waals surface area contributed by atoms with Gasteiger partial charge in [0.05, 0.1) is 10.7 Å². The third-order valence-corrected chi connectivity index (χ3v) is 4.92. The maximum atomic E-state index is 4.74. The smallest absolute Gasteiger partial charge is 0.0984 e. The molecule has 0 bridgehead atoms. The van der Waals surface area contributed by atoms with Crippen LogP contribution in [0, 0.1) is 6.92 Å². The lowest BCUT2D eigenvalue weighted by molar-refractivity contribution is 0.222. The van der Waals surface area contributed by atoms with Gasteiger partial charge in [-0.25, -0.2) is 4.98 Å². The Hall–Kier alpha value is -0.410. The molecular weight excluding hydrogens is 228 g/mol. The van der Waals surface area contributed by atoms with Crippen molar-refractivity contribution < 1.29 is 0 Å². The van der Waals surface area contributed by atoms with Gasteiger partial charge in [0, 0.05) is 16.8 Å². The number of hydrogen-bond donors (Lipinski definition) is 0. The van der Waals surface area contributed by atoms with E-state index in [1.54, 1.807) is 0 Å². The molecule has 0 amide bonds. The minimum absolute atomic E-state index is 0.190. The fourth-order valence-electron chi connectivity index (χ4n) is 2.22. The van der Waals surface area contributed by atoms with Crippen molar-refractivity contribution in [2.45, 2.75) is 58.9 Å². The predicted molar refractivity (Wildman–Crippen MR) is 74.7 cm³/mol. The number of rotatable bonds is 2. The largest absolute Gasteiger partial charge is 0.298 e. The first kappa shape index (κ1) is 13.0. The molecule has 0 saturated carbocycles. The van der Waals surface area contributed by atoms with E-state index >= 15 is 0 Å². The lowest BCUT2D eigenvalue weighted by atomic mass is 9.98. The molecule has 0 radical (unpaired) electrons. The van der Waals surface area contributed by atoms with Crippen LogP contribution in [0.1, 0.15) is 55.6 Å². The second-order valence-electron chi connectivity index (χ2n) is 6.11. The molecule has 1 aromatic heterocycles. The molecule has 0 unspecified atom stereocenters. The van der Waals surface area contributed by atoms with Crippen molar-refractivity contribution in [2.24, 2.45) is 0 Å². The molecule has 0 aromatic carbocycles. The van der Waals surface area contributed by atoms with Gasteiger partial charge in [0.2, 0.25) is 0 Å². The van der Waals surface area contributed by atoms with Gasteiger partial charge < -0.3 is 0 Å². The molecule has 0 spiro atoms. The minimum atomic E-state index is 0.190. The van der Waals surface area contributed by atoms with Crippen LogP contribution in [0.25, 0.3) is 0 Å². The number of hydrogen-bond acceptors (Lipinski definition) is 3. The van der Waals surface area contributed by atoms with Crippen LogP contribution in [0.2, 0.25) is 0 Å². The van der Waals surface area contributed by atoms with Crippen LogP contribution >= 0.6 is 11.3 Å². The summed E-state index contributed by atoms with van der Waals surface area (Å²) in [6.45, 7) is 12.5. The Morgan fingerprint density at radius 2 is 1.82 bits per heavy atom. The molecule has 1 aromatic rings. The summed E-state index contributed by atoms with van der Waals surface area (Å²) in [5.74, 6) is 0. The van der Waals surface area contributed by atoms with E-state index in [1.807, 2.05) is 11.3 Å². The van der Waals surface area contributed by atoms with E-state index in [4.69, 9.17) is 4.98 Å². The second kappa shape index (κ2) is 5.07. The summed E-state index contributed by atoms with van der Waals surface area (Å²) in [5, 5.41) is 1.28. The number of aryl methyl sites for hydroxylation is 1. The van der Waals surface area contributed by atoms with E-state index < -0.39 is 0 Å². The number of nitrogens with zero attached hydrogens (tertiary/aromatic N) is 2. The van der Waals surface area contributed by atoms with E-state index in [0.29, 0.717) is 0 Å². The van der Waals surface area contributed by atoms with Crippen molar-refractivity contribution in [1.82, 2.24) is 9.88 Å². The first-order valence-electron chi connectivity index (χ1n) is 6.66. The van der Waals surface area contributed by atoms with E-state index in [-0.39, 0.29) is 5.41 Å². The molecule has 1 aliphatic heterocycles. The van der Waals surface area contributed by atoms with E-state index in [1.165, 1.54) is 47.9 Å². The fraction of sp³-hybridized carbons (Fsp3) is 0.786. The Kier molecular flexibility index (Phi) is 3.88. The van der Waals surface area contributed by atoms with Crippen molar-refractivity contribution in [3.05, 3.63) is 15.6 Å². The van der Waals surface area contributed by atoms with Gasteiger partial charge in [-0.15, -0.1) is 11.3 Å². The normalized spacial score (nSPS) is 18.6. The van der Waals surface area contributed by atoms with Crippen molar-refractivity contribution in [3.63, 3.8) is 0 Å². The van der Waals surface area contributed by atoms with Crippen LogP contribution in [0.5, 0.6) is 0 Å². The van der Waals surface area contributed by atoms with Crippen molar-refractivity contribution in [1.29, 1.82) is 0 Å². The number of piperidine rings is 1. The molecule has 0 atom stereocenters. The first-order valence-corrected chi connectivity index (χ1v) is 7.47. The topological polar surface area (TPSA) is 16.1 Å². The molecule has 2 heterocycles. The van der Waals surface area contributed by atoms with Crippen LogP contribution < -0.4 is 0 Å². The van der Waals surface area contributed by atoms with Crippen molar-refractivity contribution in [3.8, 4) is 0 Å². The first-order chi connectivity index (χ1) is 7.97. The van der Waals surface area contributed by atoms with Gasteiger partial charge >= 0.3 is 0 Å². The minimum Gasteiger partial charge on any atom is -0.298 e. The standard InChI is InChI=1S/C14H24N2S/c1-11-12(10-16-8-6-5-7-9-16)17-13(15-11)14(2,3)4/h5-10H2,1-4H3. The van der Waals surface area contributed by atoms with Gasteiger partial charge in [-0.1, -0.05) is 27.2 Å². The molecule has 1 fully saturated rings. The highest BCUT2D eigenvalue weighted by atomic mass is 32.1. The molecule has 1 aliphatic rings. The highest BCUT2D eigenvalue weighted by Crippen LogP contribution is 2.30. The molecule has 2 nitrogen and oxygen atoms in total. The monoisotopic (exact) mass is 252 g/mol. The van der Waals surface area contributed by atoms with Crippen molar-refractivity contribution in [2.75, 3.05) is 13.1 Å². The molecule has 0 aliphatic carbocycles. The number of thiazole rings is 1. The molecule has 2 rings (SSSR count). The zero-order valence-corrected chi connectivity index (χ0v) is 12.4. The lowest BCUT2D eigenvalue weighted by Gasteiger charge is -2.25. The summed E-state index contributed by atoms with van der Waals surface area (Å²) in [4.78, 5) is 8.79. The fourth-order valence-corrected chi connectivity index (χ4v) is 3.38. The Morgan fingerprint density at radius 1 is 1.18 bits per heavy atom. The Balaban J connectivity index is 2.07. The second-order valence-corrected chi connectivity index (χ2v) is 7.20. The van der Waals surface area contributed by atoms with Crippen LogP contribution in [0.4, 0.5) is 0 Å². The van der Waals surface area contributed by atoms with Gasteiger partial charge in [0.1, 0.15) is 0 Å². The van der Waals surface area contributed by atoms with E-state index in [0.717, 1.165) is 6.54 Å². The number of likely N-dealkylation sites (tertiary alicyclic amines) is 1. The van der Waals surface area contributed by atoms with E-state index in [9.17, 15) is 0 Å². The lowest BCUT2D eigenvalue weighted by Crippen LogP contribution is -2.28. The molecule has 3 heteroatoms.